The SMILES string of the molecule is CCN(OC)c1cc(Cl)ccc1N. The van der Waals surface area contributed by atoms with Gasteiger partial charge >= 0.3 is 0 Å². The maximum Gasteiger partial charge on any atom is 0.0880 e. The molecule has 1 aromatic carbocycles. The number of halogens is 1. The van der Waals surface area contributed by atoms with Gasteiger partial charge in [-0.15, -0.1) is 0 Å². The van der Waals surface area contributed by atoms with Crippen molar-refractivity contribution >= 4 is 23.0 Å². The van der Waals surface area contributed by atoms with Crippen LogP contribution in [0.3, 0.4) is 0 Å². The van der Waals surface area contributed by atoms with E-state index in [1.165, 1.54) is 0 Å². The van der Waals surface area contributed by atoms with Gasteiger partial charge in [0.05, 0.1) is 18.5 Å². The number of nitrogens with zero attached hydrogens (tertiary/aromatic N) is 1. The van der Waals surface area contributed by atoms with E-state index >= 15 is 0 Å². The van der Waals surface area contributed by atoms with Crippen molar-refractivity contribution < 1.29 is 4.84 Å². The van der Waals surface area contributed by atoms with Gasteiger partial charge in [0.15, 0.2) is 0 Å². The maximum atomic E-state index is 5.84. The maximum absolute atomic E-state index is 5.84. The Morgan fingerprint density at radius 3 is 2.77 bits per heavy atom. The lowest BCUT2D eigenvalue weighted by Gasteiger charge is -2.21. The van der Waals surface area contributed by atoms with Gasteiger partial charge in [-0.25, -0.2) is 0 Å². The van der Waals surface area contributed by atoms with E-state index < -0.39 is 0 Å². The number of nitrogens with two attached hydrogens (primary N) is 1. The van der Waals surface area contributed by atoms with Gasteiger partial charge in [-0.1, -0.05) is 11.6 Å². The zero-order chi connectivity index (χ0) is 9.84. The van der Waals surface area contributed by atoms with Gasteiger partial charge in [-0.05, 0) is 25.1 Å². The molecule has 0 unspecified atom stereocenters. The van der Waals surface area contributed by atoms with Gasteiger partial charge in [-0.2, -0.15) is 0 Å². The van der Waals surface area contributed by atoms with Gasteiger partial charge in [0.2, 0.25) is 0 Å². The Labute approximate surface area is 83.0 Å². The van der Waals surface area contributed by atoms with Crippen LogP contribution in [0.2, 0.25) is 5.02 Å². The fourth-order valence-corrected chi connectivity index (χ4v) is 1.30. The van der Waals surface area contributed by atoms with Crippen molar-refractivity contribution in [3.63, 3.8) is 0 Å². The second-order valence-corrected chi connectivity index (χ2v) is 3.02. The molecule has 0 atom stereocenters. The van der Waals surface area contributed by atoms with Crippen molar-refractivity contribution in [3.8, 4) is 0 Å². The first kappa shape index (κ1) is 10.2. The standard InChI is InChI=1S/C9H13ClN2O/c1-3-12(13-2)9-6-7(10)4-5-8(9)11/h4-6H,3,11H2,1-2H3. The second-order valence-electron chi connectivity index (χ2n) is 2.58. The molecule has 13 heavy (non-hydrogen) atoms. The van der Waals surface area contributed by atoms with Gasteiger partial charge in [0.1, 0.15) is 0 Å². The van der Waals surface area contributed by atoms with Crippen molar-refractivity contribution in [2.75, 3.05) is 24.5 Å². The highest BCUT2D eigenvalue weighted by Crippen LogP contribution is 2.26. The zero-order valence-corrected chi connectivity index (χ0v) is 8.51. The lowest BCUT2D eigenvalue weighted by atomic mass is 10.2. The highest BCUT2D eigenvalue weighted by Gasteiger charge is 2.07. The third-order valence-electron chi connectivity index (χ3n) is 1.77. The Morgan fingerprint density at radius 2 is 2.23 bits per heavy atom. The van der Waals surface area contributed by atoms with Crippen LogP contribution >= 0.6 is 11.6 Å². The topological polar surface area (TPSA) is 38.5 Å². The predicted octanol–water partition coefficient (Wildman–Crippen LogP) is 2.31. The van der Waals surface area contributed by atoms with Crippen LogP contribution in [-0.2, 0) is 4.84 Å². The Hall–Kier alpha value is -0.930. The summed E-state index contributed by atoms with van der Waals surface area (Å²) in [6, 6.07) is 5.30. The van der Waals surface area contributed by atoms with E-state index in [4.69, 9.17) is 22.2 Å². The number of anilines is 2. The third kappa shape index (κ3) is 2.26. The molecule has 0 heterocycles. The molecular formula is C9H13ClN2O. The first-order valence-electron chi connectivity index (χ1n) is 4.05. The molecule has 1 aromatic rings. The van der Waals surface area contributed by atoms with Gasteiger partial charge in [0.25, 0.3) is 0 Å². The minimum atomic E-state index is 0.653. The minimum absolute atomic E-state index is 0.653. The molecule has 0 aromatic heterocycles. The fourth-order valence-electron chi connectivity index (χ4n) is 1.13. The highest BCUT2D eigenvalue weighted by molar-refractivity contribution is 6.31. The summed E-state index contributed by atoms with van der Waals surface area (Å²) in [6.07, 6.45) is 0. The van der Waals surface area contributed by atoms with Crippen LogP contribution in [0.4, 0.5) is 11.4 Å². The number of rotatable bonds is 3. The molecule has 1 rings (SSSR count). The number of benzene rings is 1. The van der Waals surface area contributed by atoms with Crippen LogP contribution in [0.5, 0.6) is 0 Å². The summed E-state index contributed by atoms with van der Waals surface area (Å²) >= 11 is 5.84. The van der Waals surface area contributed by atoms with Crippen molar-refractivity contribution in [2.24, 2.45) is 0 Å². The van der Waals surface area contributed by atoms with E-state index in [2.05, 4.69) is 0 Å². The summed E-state index contributed by atoms with van der Waals surface area (Å²) < 4.78 is 0. The first-order chi connectivity index (χ1) is 6.19. The molecule has 0 bridgehead atoms. The number of hydrogen-bond donors (Lipinski definition) is 1. The summed E-state index contributed by atoms with van der Waals surface area (Å²) in [7, 11) is 1.60. The Kier molecular flexibility index (Phi) is 3.39. The highest BCUT2D eigenvalue weighted by atomic mass is 35.5. The molecule has 4 heteroatoms. The van der Waals surface area contributed by atoms with Gasteiger partial charge in [-0.3, -0.25) is 9.90 Å². The predicted molar refractivity (Wildman–Crippen MR) is 55.9 cm³/mol. The van der Waals surface area contributed by atoms with E-state index in [1.54, 1.807) is 30.4 Å². The monoisotopic (exact) mass is 200 g/mol. The van der Waals surface area contributed by atoms with E-state index in [-0.39, 0.29) is 0 Å². The zero-order valence-electron chi connectivity index (χ0n) is 7.75. The molecule has 0 radical (unpaired) electrons. The van der Waals surface area contributed by atoms with Crippen LogP contribution in [0.25, 0.3) is 0 Å². The van der Waals surface area contributed by atoms with E-state index in [0.717, 1.165) is 12.2 Å². The average molecular weight is 201 g/mol. The van der Waals surface area contributed by atoms with E-state index in [9.17, 15) is 0 Å². The largest absolute Gasteiger partial charge is 0.397 e. The number of nitrogen functional groups attached to an aromatic ring is 1. The molecule has 72 valence electrons. The Morgan fingerprint density at radius 1 is 1.54 bits per heavy atom. The van der Waals surface area contributed by atoms with Crippen LogP contribution in [-0.4, -0.2) is 13.7 Å². The molecule has 0 aliphatic rings. The molecule has 3 nitrogen and oxygen atoms in total. The molecule has 0 aliphatic heterocycles. The average Bonchev–Trinajstić information content (AvgIpc) is 2.13. The summed E-state index contributed by atoms with van der Waals surface area (Å²) in [4.78, 5) is 5.12. The van der Waals surface area contributed by atoms with Crippen LogP contribution in [0, 0.1) is 0 Å². The second kappa shape index (κ2) is 4.35. The third-order valence-corrected chi connectivity index (χ3v) is 2.00. The first-order valence-corrected chi connectivity index (χ1v) is 4.43. The molecule has 0 aliphatic carbocycles. The summed E-state index contributed by atoms with van der Waals surface area (Å²) in [5.74, 6) is 0. The van der Waals surface area contributed by atoms with Gasteiger partial charge in [0, 0.05) is 11.6 Å². The lowest BCUT2D eigenvalue weighted by Crippen LogP contribution is -2.21. The van der Waals surface area contributed by atoms with E-state index in [0.29, 0.717) is 10.7 Å². The van der Waals surface area contributed by atoms with Crippen molar-refractivity contribution in [2.45, 2.75) is 6.92 Å². The minimum Gasteiger partial charge on any atom is -0.397 e. The van der Waals surface area contributed by atoms with E-state index in [1.807, 2.05) is 6.92 Å². The Balaban J connectivity index is 3.03. The van der Waals surface area contributed by atoms with Crippen LogP contribution in [0.1, 0.15) is 6.92 Å². The quantitative estimate of drug-likeness (QED) is 0.601. The molecule has 0 saturated heterocycles. The summed E-state index contributed by atoms with van der Waals surface area (Å²) in [6.45, 7) is 2.70. The molecule has 2 N–H and O–H groups in total. The van der Waals surface area contributed by atoms with Gasteiger partial charge < -0.3 is 5.73 Å². The number of hydroxylamine groups is 1. The fraction of sp³-hybridized carbons (Fsp3) is 0.333. The Bertz CT molecular complexity index is 287. The van der Waals surface area contributed by atoms with Crippen molar-refractivity contribution in [1.82, 2.24) is 0 Å². The molecule has 0 amide bonds. The molecule has 0 saturated carbocycles. The lowest BCUT2D eigenvalue weighted by molar-refractivity contribution is 0.171. The van der Waals surface area contributed by atoms with Crippen molar-refractivity contribution in [1.29, 1.82) is 0 Å². The molecule has 0 spiro atoms. The number of hydrogen-bond acceptors (Lipinski definition) is 3. The summed E-state index contributed by atoms with van der Waals surface area (Å²) in [5.41, 5.74) is 7.22. The van der Waals surface area contributed by atoms with Crippen LogP contribution < -0.4 is 10.8 Å². The normalized spacial score (nSPS) is 10.1. The molecular weight excluding hydrogens is 188 g/mol. The smallest absolute Gasteiger partial charge is 0.0880 e. The van der Waals surface area contributed by atoms with Crippen LogP contribution in [0.15, 0.2) is 18.2 Å². The molecule has 0 fully saturated rings. The van der Waals surface area contributed by atoms with Crippen molar-refractivity contribution in [3.05, 3.63) is 23.2 Å². The summed E-state index contributed by atoms with van der Waals surface area (Å²) in [5, 5.41) is 2.33.